The lowest BCUT2D eigenvalue weighted by Crippen LogP contribution is -2.55. The second-order valence-electron chi connectivity index (χ2n) is 13.4. The number of carbonyl (C=O) groups excluding carboxylic acids is 7. The predicted octanol–water partition coefficient (Wildman–Crippen LogP) is 1.82. The summed E-state index contributed by atoms with van der Waals surface area (Å²) in [7, 11) is 0. The van der Waals surface area contributed by atoms with Gasteiger partial charge in [0, 0.05) is 57.2 Å². The van der Waals surface area contributed by atoms with E-state index in [1.807, 2.05) is 41.5 Å². The zero-order valence-electron chi connectivity index (χ0n) is 28.1. The topological polar surface area (TPSA) is 171 Å². The maximum atomic E-state index is 13.3. The molecule has 0 aromatic carbocycles. The molecule has 2 saturated heterocycles. The number of carbonyl (C=O) groups is 7. The summed E-state index contributed by atoms with van der Waals surface area (Å²) in [4.78, 5) is 89.4. The van der Waals surface area contributed by atoms with E-state index in [1.54, 1.807) is 6.92 Å². The van der Waals surface area contributed by atoms with Gasteiger partial charge < -0.3 is 20.7 Å². The number of nitrogens with one attached hydrogen (secondary N) is 3. The van der Waals surface area contributed by atoms with E-state index in [0.29, 0.717) is 32.2 Å². The van der Waals surface area contributed by atoms with Crippen molar-refractivity contribution < 1.29 is 38.3 Å². The minimum absolute atomic E-state index is 0.0157. The smallest absolute Gasteiger partial charge is 0.243 e. The Kier molecular flexibility index (Phi) is 14.1. The van der Waals surface area contributed by atoms with Crippen LogP contribution in [0.1, 0.15) is 106 Å². The molecule has 2 fully saturated rings. The third-order valence-corrected chi connectivity index (χ3v) is 8.45. The van der Waals surface area contributed by atoms with Gasteiger partial charge in [-0.2, -0.15) is 0 Å². The highest BCUT2D eigenvalue weighted by molar-refractivity contribution is 6.04. The number of nitrogens with zero attached hydrogens (tertiary/aromatic N) is 2. The molecule has 0 aliphatic carbocycles. The van der Waals surface area contributed by atoms with Gasteiger partial charge in [-0.1, -0.05) is 20.8 Å². The summed E-state index contributed by atoms with van der Waals surface area (Å²) in [6, 6.07) is -0.880. The summed E-state index contributed by atoms with van der Waals surface area (Å²) in [6.07, 6.45) is 2.91. The van der Waals surface area contributed by atoms with Crippen LogP contribution >= 0.6 is 0 Å². The Morgan fingerprint density at radius 2 is 1.49 bits per heavy atom. The van der Waals surface area contributed by atoms with E-state index in [2.05, 4.69) is 16.0 Å². The molecular weight excluding hydrogens is 582 g/mol. The van der Waals surface area contributed by atoms with Gasteiger partial charge in [-0.3, -0.25) is 43.4 Å². The molecule has 0 spiro atoms. The van der Waals surface area contributed by atoms with Crippen molar-refractivity contribution in [3.8, 4) is 0 Å². The van der Waals surface area contributed by atoms with E-state index in [4.69, 9.17) is 4.74 Å². The molecule has 0 radical (unpaired) electrons. The molecule has 45 heavy (non-hydrogen) atoms. The molecular formula is C32H53N5O8. The zero-order chi connectivity index (χ0) is 33.9. The van der Waals surface area contributed by atoms with Gasteiger partial charge in [-0.25, -0.2) is 0 Å². The maximum Gasteiger partial charge on any atom is 0.243 e. The van der Waals surface area contributed by atoms with E-state index in [0.717, 1.165) is 16.2 Å². The Morgan fingerprint density at radius 3 is 2.04 bits per heavy atom. The van der Waals surface area contributed by atoms with E-state index in [-0.39, 0.29) is 92.3 Å². The molecule has 2 aliphatic heterocycles. The molecule has 13 nitrogen and oxygen atoms in total. The molecule has 0 aromatic heterocycles. The van der Waals surface area contributed by atoms with Crippen LogP contribution in [0.2, 0.25) is 0 Å². The first-order chi connectivity index (χ1) is 21.0. The number of ether oxygens (including phenoxy) is 1. The quantitative estimate of drug-likeness (QED) is 0.143. The second-order valence-corrected chi connectivity index (χ2v) is 13.4. The molecule has 3 unspecified atom stereocenters. The van der Waals surface area contributed by atoms with Crippen LogP contribution in [-0.2, 0) is 38.3 Å². The summed E-state index contributed by atoms with van der Waals surface area (Å²) >= 11 is 0. The molecule has 13 heteroatoms. The minimum Gasteiger partial charge on any atom is -0.373 e. The van der Waals surface area contributed by atoms with Crippen LogP contribution in [0.5, 0.6) is 0 Å². The molecule has 0 saturated carbocycles. The molecule has 0 aromatic rings. The highest BCUT2D eigenvalue weighted by Crippen LogP contribution is 2.22. The third kappa shape index (κ3) is 11.8. The van der Waals surface area contributed by atoms with E-state index >= 15 is 0 Å². The van der Waals surface area contributed by atoms with Gasteiger partial charge in [-0.15, -0.1) is 0 Å². The van der Waals surface area contributed by atoms with Crippen molar-refractivity contribution in [1.82, 2.24) is 25.8 Å². The molecule has 2 heterocycles. The van der Waals surface area contributed by atoms with E-state index in [9.17, 15) is 33.6 Å². The third-order valence-electron chi connectivity index (χ3n) is 8.45. The first-order valence-electron chi connectivity index (χ1n) is 16.2. The number of unbranched alkanes of at least 4 members (excludes halogenated alkanes) is 1. The highest BCUT2D eigenvalue weighted by Gasteiger charge is 2.37. The Morgan fingerprint density at radius 1 is 0.889 bits per heavy atom. The van der Waals surface area contributed by atoms with Crippen molar-refractivity contribution >= 4 is 41.4 Å². The lowest BCUT2D eigenvalue weighted by Gasteiger charge is -2.33. The number of likely N-dealkylation sites (tertiary alicyclic amines) is 2. The predicted molar refractivity (Wildman–Crippen MR) is 166 cm³/mol. The van der Waals surface area contributed by atoms with Crippen molar-refractivity contribution in [1.29, 1.82) is 0 Å². The van der Waals surface area contributed by atoms with Crippen LogP contribution in [0.4, 0.5) is 0 Å². The van der Waals surface area contributed by atoms with E-state index < -0.39 is 23.4 Å². The monoisotopic (exact) mass is 635 g/mol. The fourth-order valence-electron chi connectivity index (χ4n) is 5.07. The number of rotatable bonds is 19. The van der Waals surface area contributed by atoms with Crippen molar-refractivity contribution in [2.24, 2.45) is 11.8 Å². The van der Waals surface area contributed by atoms with Gasteiger partial charge in [0.15, 0.2) is 0 Å². The Bertz CT molecular complexity index is 1120. The van der Waals surface area contributed by atoms with Gasteiger partial charge >= 0.3 is 0 Å². The number of hydrogen-bond acceptors (Lipinski definition) is 8. The molecule has 2 rings (SSSR count). The normalized spacial score (nSPS) is 19.7. The van der Waals surface area contributed by atoms with Crippen molar-refractivity contribution in [2.75, 3.05) is 26.2 Å². The summed E-state index contributed by atoms with van der Waals surface area (Å²) in [5.74, 6) is -2.91. The molecule has 3 atom stereocenters. The Balaban J connectivity index is 1.89. The molecule has 3 N–H and O–H groups in total. The first kappa shape index (κ1) is 37.8. The summed E-state index contributed by atoms with van der Waals surface area (Å²) < 4.78 is 5.99. The lowest BCUT2D eigenvalue weighted by atomic mass is 10.0. The fraction of sp³-hybridized carbons (Fsp3) is 0.781. The van der Waals surface area contributed by atoms with Crippen LogP contribution in [0.3, 0.4) is 0 Å². The second kappa shape index (κ2) is 16.8. The van der Waals surface area contributed by atoms with Crippen LogP contribution in [0.15, 0.2) is 0 Å². The molecule has 0 bridgehead atoms. The maximum absolute atomic E-state index is 13.3. The van der Waals surface area contributed by atoms with Crippen LogP contribution in [0.25, 0.3) is 0 Å². The molecule has 254 valence electrons. The summed E-state index contributed by atoms with van der Waals surface area (Å²) in [6.45, 7) is 13.7. The SMILES string of the molecule is CCC1CC(=O)N(CCC(=O)NCCCCC(NC(=O)CCN2C(=O)CC(C)C2=O)C(=O)NC(C)(C)COC(C)(C)CC)C1=O. The van der Waals surface area contributed by atoms with Crippen LogP contribution in [0, 0.1) is 11.8 Å². The summed E-state index contributed by atoms with van der Waals surface area (Å²) in [5, 5.41) is 8.50. The molecule has 2 aliphatic rings. The first-order valence-corrected chi connectivity index (χ1v) is 16.2. The zero-order valence-corrected chi connectivity index (χ0v) is 28.1. The molecule has 7 amide bonds. The number of imide groups is 2. The Labute approximate surface area is 266 Å². The minimum atomic E-state index is -0.880. The Hall–Kier alpha value is -3.35. The number of amides is 7. The fourth-order valence-corrected chi connectivity index (χ4v) is 5.07. The van der Waals surface area contributed by atoms with Gasteiger partial charge in [-0.05, 0) is 59.8 Å². The summed E-state index contributed by atoms with van der Waals surface area (Å²) in [5.41, 5.74) is -1.08. The highest BCUT2D eigenvalue weighted by atomic mass is 16.5. The van der Waals surface area contributed by atoms with Gasteiger partial charge in [0.05, 0.1) is 17.7 Å². The van der Waals surface area contributed by atoms with Crippen LogP contribution < -0.4 is 16.0 Å². The van der Waals surface area contributed by atoms with Gasteiger partial charge in [0.25, 0.3) is 0 Å². The van der Waals surface area contributed by atoms with Crippen molar-refractivity contribution in [2.45, 2.75) is 123 Å². The van der Waals surface area contributed by atoms with Crippen molar-refractivity contribution in [3.05, 3.63) is 0 Å². The average molecular weight is 636 g/mol. The number of hydrogen-bond donors (Lipinski definition) is 3. The van der Waals surface area contributed by atoms with Gasteiger partial charge in [0.2, 0.25) is 41.4 Å². The lowest BCUT2D eigenvalue weighted by molar-refractivity contribution is -0.141. The largest absolute Gasteiger partial charge is 0.373 e. The van der Waals surface area contributed by atoms with Crippen molar-refractivity contribution in [3.63, 3.8) is 0 Å². The average Bonchev–Trinajstić information content (AvgIpc) is 3.39. The van der Waals surface area contributed by atoms with E-state index in [1.165, 1.54) is 0 Å². The van der Waals surface area contributed by atoms with Crippen LogP contribution in [-0.4, -0.2) is 94.6 Å². The van der Waals surface area contributed by atoms with Gasteiger partial charge in [0.1, 0.15) is 6.04 Å². The standard InChI is InChI=1S/C32H53N5O8/c1-8-22-19-27(41)37(30(22)44)16-13-24(38)33-15-11-10-12-23(28(42)35-31(4,5)20-45-32(6,7)9-2)34-25(39)14-17-36-26(40)18-21(3)29(36)43/h21-23H,8-20H2,1-7H3,(H,33,38)(H,34,39)(H,35,42).